The summed E-state index contributed by atoms with van der Waals surface area (Å²) in [6.45, 7) is 3.85. The lowest BCUT2D eigenvalue weighted by Gasteiger charge is -2.23. The Balaban J connectivity index is 1.79. The van der Waals surface area contributed by atoms with Crippen molar-refractivity contribution in [3.8, 4) is 0 Å². The van der Waals surface area contributed by atoms with Gasteiger partial charge in [-0.1, -0.05) is 32.0 Å². The van der Waals surface area contributed by atoms with Crippen molar-refractivity contribution in [2.45, 2.75) is 56.9 Å². The highest BCUT2D eigenvalue weighted by molar-refractivity contribution is 7.89. The molecule has 0 radical (unpaired) electrons. The summed E-state index contributed by atoms with van der Waals surface area (Å²) in [5.74, 6) is -2.93. The van der Waals surface area contributed by atoms with Crippen molar-refractivity contribution in [3.05, 3.63) is 46.4 Å². The number of hydrogen-bond acceptors (Lipinski definition) is 7. The molecule has 0 saturated carbocycles. The number of sulfonamides is 1. The first-order chi connectivity index (χ1) is 15.7. The van der Waals surface area contributed by atoms with Gasteiger partial charge in [-0.2, -0.15) is 0 Å². The van der Waals surface area contributed by atoms with Crippen LogP contribution in [0.4, 0.5) is 0 Å². The molecule has 2 heterocycles. The summed E-state index contributed by atoms with van der Waals surface area (Å²) in [6.07, 6.45) is 2.04. The van der Waals surface area contributed by atoms with Crippen molar-refractivity contribution in [2.75, 3.05) is 6.54 Å². The van der Waals surface area contributed by atoms with Crippen LogP contribution < -0.4 is 10.0 Å². The molecule has 2 N–H and O–H groups in total. The smallest absolute Gasteiger partial charge is 0.287 e. The zero-order chi connectivity index (χ0) is 24.0. The molecule has 2 aromatic rings. The number of hydrogen-bond donors (Lipinski definition) is 2. The summed E-state index contributed by atoms with van der Waals surface area (Å²) in [5.41, 5.74) is 2.66. The predicted octanol–water partition coefficient (Wildman–Crippen LogP) is 2.29. The molecule has 1 aromatic carbocycles. The molecule has 33 heavy (non-hydrogen) atoms. The number of fused-ring (bicyclic) bond motifs is 1. The number of aromatic nitrogens is 1. The summed E-state index contributed by atoms with van der Waals surface area (Å²) in [7, 11) is -3.92. The number of rotatable bonds is 7. The number of aryl methyl sites for hydroxylation is 2. The monoisotopic (exact) mass is 491 g/mol. The molecule has 1 aliphatic rings. The fraction of sp³-hybridized carbons (Fsp3) is 0.478. The van der Waals surface area contributed by atoms with E-state index in [0.717, 1.165) is 17.0 Å². The van der Waals surface area contributed by atoms with E-state index in [9.17, 15) is 22.8 Å². The quantitative estimate of drug-likeness (QED) is 0.573. The average Bonchev–Trinajstić information content (AvgIpc) is 3.23. The van der Waals surface area contributed by atoms with E-state index in [2.05, 4.69) is 15.0 Å². The van der Waals surface area contributed by atoms with Crippen LogP contribution in [0.15, 0.2) is 40.7 Å². The highest BCUT2D eigenvalue weighted by Gasteiger charge is 2.34. The van der Waals surface area contributed by atoms with Crippen LogP contribution >= 0.6 is 11.3 Å². The van der Waals surface area contributed by atoms with Crippen molar-refractivity contribution < 1.29 is 22.8 Å². The summed E-state index contributed by atoms with van der Waals surface area (Å²) in [5, 5.41) is 2.64. The molecule has 8 nitrogen and oxygen atoms in total. The molecule has 178 valence electrons. The Morgan fingerprint density at radius 1 is 1.21 bits per heavy atom. The van der Waals surface area contributed by atoms with Gasteiger partial charge >= 0.3 is 0 Å². The molecular weight excluding hydrogens is 462 g/mol. The molecule has 0 spiro atoms. The summed E-state index contributed by atoms with van der Waals surface area (Å²) in [4.78, 5) is 44.0. The van der Waals surface area contributed by atoms with E-state index in [0.29, 0.717) is 25.8 Å². The number of benzene rings is 1. The van der Waals surface area contributed by atoms with E-state index in [1.165, 1.54) is 12.1 Å². The Labute approximate surface area is 198 Å². The maximum absolute atomic E-state index is 13.2. The Morgan fingerprint density at radius 3 is 2.64 bits per heavy atom. The second-order valence-electron chi connectivity index (χ2n) is 8.51. The van der Waals surface area contributed by atoms with E-state index in [-0.39, 0.29) is 17.2 Å². The average molecular weight is 492 g/mol. The summed E-state index contributed by atoms with van der Waals surface area (Å²) >= 11 is 1.55. The molecule has 0 bridgehead atoms. The summed E-state index contributed by atoms with van der Waals surface area (Å²) in [6, 6.07) is 6.80. The number of carbonyl (C=O) groups is 3. The number of ketones is 2. The van der Waals surface area contributed by atoms with Crippen LogP contribution in [0.3, 0.4) is 0 Å². The number of nitrogens with one attached hydrogen (secondary N) is 2. The SMILES string of the molecule is CC(C)C(NS(=O)(=O)c1ccccc1)C(=O)CC1CCc2ncsc2CCCNC(=O)C1=O. The fourth-order valence-corrected chi connectivity index (χ4v) is 6.09. The first-order valence-electron chi connectivity index (χ1n) is 11.0. The van der Waals surface area contributed by atoms with Gasteiger partial charge in [0.15, 0.2) is 5.78 Å². The lowest BCUT2D eigenvalue weighted by molar-refractivity contribution is -0.141. The summed E-state index contributed by atoms with van der Waals surface area (Å²) < 4.78 is 28.1. The third-order valence-electron chi connectivity index (χ3n) is 5.71. The van der Waals surface area contributed by atoms with Crippen molar-refractivity contribution in [3.63, 3.8) is 0 Å². The molecule has 10 heteroatoms. The number of carbonyl (C=O) groups excluding carboxylic acids is 3. The van der Waals surface area contributed by atoms with Gasteiger partial charge in [-0.15, -0.1) is 11.3 Å². The van der Waals surface area contributed by atoms with Crippen molar-refractivity contribution in [2.24, 2.45) is 11.8 Å². The van der Waals surface area contributed by atoms with E-state index >= 15 is 0 Å². The van der Waals surface area contributed by atoms with Crippen LogP contribution in [0, 0.1) is 11.8 Å². The number of thiazole rings is 1. The van der Waals surface area contributed by atoms with Crippen molar-refractivity contribution >= 4 is 38.8 Å². The van der Waals surface area contributed by atoms with Crippen LogP contribution in [0.1, 0.15) is 43.7 Å². The molecule has 2 unspecified atom stereocenters. The van der Waals surface area contributed by atoms with Gasteiger partial charge in [0.25, 0.3) is 5.91 Å². The third kappa shape index (κ3) is 6.55. The van der Waals surface area contributed by atoms with Gasteiger partial charge in [0, 0.05) is 23.8 Å². The first kappa shape index (κ1) is 25.2. The lowest BCUT2D eigenvalue weighted by Crippen LogP contribution is -2.46. The second-order valence-corrected chi connectivity index (χ2v) is 11.2. The molecule has 3 rings (SSSR count). The minimum Gasteiger partial charge on any atom is -0.349 e. The minimum atomic E-state index is -3.92. The van der Waals surface area contributed by atoms with Crippen molar-refractivity contribution in [1.82, 2.24) is 15.0 Å². The Hall–Kier alpha value is -2.43. The number of nitrogens with zero attached hydrogens (tertiary/aromatic N) is 1. The zero-order valence-corrected chi connectivity index (χ0v) is 20.4. The van der Waals surface area contributed by atoms with E-state index in [4.69, 9.17) is 0 Å². The Bertz CT molecular complexity index is 1100. The van der Waals surface area contributed by atoms with Gasteiger partial charge in [-0.25, -0.2) is 18.1 Å². The van der Waals surface area contributed by atoms with E-state index in [1.807, 2.05) is 0 Å². The number of Topliss-reactive ketones (excluding diaryl/α,β-unsaturated/α-hetero) is 2. The Kier molecular flexibility index (Phi) is 8.50. The van der Waals surface area contributed by atoms with Gasteiger partial charge in [0.05, 0.1) is 22.1 Å². The van der Waals surface area contributed by atoms with Crippen LogP contribution in [0.2, 0.25) is 0 Å². The largest absolute Gasteiger partial charge is 0.349 e. The highest BCUT2D eigenvalue weighted by atomic mass is 32.2. The van der Waals surface area contributed by atoms with Gasteiger partial charge < -0.3 is 5.32 Å². The first-order valence-corrected chi connectivity index (χ1v) is 13.4. The molecule has 1 aliphatic heterocycles. The normalized spacial score (nSPS) is 18.8. The zero-order valence-electron chi connectivity index (χ0n) is 18.7. The van der Waals surface area contributed by atoms with Crippen LogP contribution in [0.5, 0.6) is 0 Å². The maximum atomic E-state index is 13.2. The van der Waals surface area contributed by atoms with Gasteiger partial charge in [-0.05, 0) is 43.7 Å². The van der Waals surface area contributed by atoms with E-state index in [1.54, 1.807) is 48.9 Å². The van der Waals surface area contributed by atoms with Crippen LogP contribution in [-0.4, -0.2) is 43.5 Å². The molecule has 2 atom stereocenters. The second kappa shape index (κ2) is 11.1. The molecule has 1 amide bonds. The third-order valence-corrected chi connectivity index (χ3v) is 8.10. The standard InChI is InChI=1S/C23H29N3O5S2/c1-15(2)21(26-33(30,31)17-7-4-3-5-8-17)19(27)13-16-10-11-18-20(32-14-25-18)9-6-12-24-23(29)22(16)28/h3-5,7-8,14-16,21,26H,6,9-13H2,1-2H3,(H,24,29). The molecule has 0 saturated heterocycles. The highest BCUT2D eigenvalue weighted by Crippen LogP contribution is 2.23. The van der Waals surface area contributed by atoms with Crippen LogP contribution in [0.25, 0.3) is 0 Å². The molecule has 1 aromatic heterocycles. The Morgan fingerprint density at radius 2 is 1.94 bits per heavy atom. The molecule has 0 aliphatic carbocycles. The number of amides is 1. The van der Waals surface area contributed by atoms with Gasteiger partial charge in [0.2, 0.25) is 15.8 Å². The minimum absolute atomic E-state index is 0.0601. The van der Waals surface area contributed by atoms with Gasteiger partial charge in [0.1, 0.15) is 0 Å². The van der Waals surface area contributed by atoms with Crippen molar-refractivity contribution in [1.29, 1.82) is 0 Å². The lowest BCUT2D eigenvalue weighted by atomic mass is 9.87. The molecular formula is C23H29N3O5S2. The predicted molar refractivity (Wildman–Crippen MR) is 125 cm³/mol. The maximum Gasteiger partial charge on any atom is 0.287 e. The van der Waals surface area contributed by atoms with E-state index < -0.39 is 39.5 Å². The molecule has 0 fully saturated rings. The topological polar surface area (TPSA) is 122 Å². The van der Waals surface area contributed by atoms with Crippen LogP contribution in [-0.2, 0) is 37.2 Å². The fourth-order valence-electron chi connectivity index (χ4n) is 3.84. The van der Waals surface area contributed by atoms with Gasteiger partial charge in [-0.3, -0.25) is 14.4 Å².